The highest BCUT2D eigenvalue weighted by molar-refractivity contribution is 5.74. The van der Waals surface area contributed by atoms with Gasteiger partial charge in [-0.3, -0.25) is 9.59 Å². The van der Waals surface area contributed by atoms with Crippen LogP contribution in [-0.4, -0.2) is 34.5 Å². The molecule has 1 N–H and O–H groups in total. The lowest BCUT2D eigenvalue weighted by Crippen LogP contribution is -2.40. The van der Waals surface area contributed by atoms with Crippen LogP contribution in [0.1, 0.15) is 58.3 Å². The molecule has 0 aromatic heterocycles. The lowest BCUT2D eigenvalue weighted by molar-refractivity contribution is -0.139. The minimum atomic E-state index is -0.831. The summed E-state index contributed by atoms with van der Waals surface area (Å²) in [5, 5.41) is 8.71. The fourth-order valence-electron chi connectivity index (χ4n) is 2.56. The van der Waals surface area contributed by atoms with Crippen LogP contribution in [0, 0.1) is 0 Å². The number of carbonyl (C=O) groups is 2. The molecule has 0 spiro atoms. The smallest absolute Gasteiger partial charge is 0.305 e. The Morgan fingerprint density at radius 2 is 1.65 bits per heavy atom. The van der Waals surface area contributed by atoms with Crippen LogP contribution in [-0.2, 0) is 9.59 Å². The molecule has 0 bridgehead atoms. The Hall–Kier alpha value is -1.06. The van der Waals surface area contributed by atoms with E-state index >= 15 is 0 Å². The molecule has 1 rings (SSSR count). The Labute approximate surface area is 103 Å². The maximum atomic E-state index is 11.6. The van der Waals surface area contributed by atoms with E-state index in [1.54, 1.807) is 11.8 Å². The van der Waals surface area contributed by atoms with E-state index in [4.69, 9.17) is 5.11 Å². The number of hydrogen-bond donors (Lipinski definition) is 1. The third-order valence-electron chi connectivity index (χ3n) is 3.49. The number of rotatable bonds is 4. The van der Waals surface area contributed by atoms with Gasteiger partial charge in [-0.05, 0) is 12.8 Å². The van der Waals surface area contributed by atoms with E-state index in [9.17, 15) is 9.59 Å². The number of carboxylic acids is 1. The molecule has 1 saturated carbocycles. The molecule has 4 nitrogen and oxygen atoms in total. The van der Waals surface area contributed by atoms with Crippen molar-refractivity contribution in [3.05, 3.63) is 0 Å². The zero-order valence-corrected chi connectivity index (χ0v) is 10.7. The fourth-order valence-corrected chi connectivity index (χ4v) is 2.56. The van der Waals surface area contributed by atoms with Gasteiger partial charge >= 0.3 is 5.97 Å². The second kappa shape index (κ2) is 7.30. The summed E-state index contributed by atoms with van der Waals surface area (Å²) in [6, 6.07) is 0.257. The number of carboxylic acid groups (broad SMARTS) is 1. The average Bonchev–Trinajstić information content (AvgIpc) is 2.19. The van der Waals surface area contributed by atoms with Crippen LogP contribution in [0.4, 0.5) is 0 Å². The van der Waals surface area contributed by atoms with E-state index in [0.29, 0.717) is 6.54 Å². The van der Waals surface area contributed by atoms with Gasteiger partial charge in [0.05, 0.1) is 6.42 Å². The normalized spacial score (nSPS) is 18.2. The highest BCUT2D eigenvalue weighted by atomic mass is 16.4. The van der Waals surface area contributed by atoms with Gasteiger partial charge in [0.2, 0.25) is 5.91 Å². The molecule has 1 amide bonds. The molecule has 0 saturated heterocycles. The standard InChI is InChI=1S/C13H23NO3/c1-11(15)14(10-9-13(16)17)12-7-5-3-2-4-6-8-12/h12H,2-10H2,1H3,(H,16,17). The van der Waals surface area contributed by atoms with Crippen molar-refractivity contribution in [2.45, 2.75) is 64.3 Å². The van der Waals surface area contributed by atoms with Crippen molar-refractivity contribution in [2.24, 2.45) is 0 Å². The van der Waals surface area contributed by atoms with E-state index in [1.807, 2.05) is 0 Å². The molecule has 4 heteroatoms. The van der Waals surface area contributed by atoms with Crippen molar-refractivity contribution < 1.29 is 14.7 Å². The summed E-state index contributed by atoms with van der Waals surface area (Å²) in [6.45, 7) is 1.90. The van der Waals surface area contributed by atoms with Crippen molar-refractivity contribution in [1.82, 2.24) is 4.90 Å². The van der Waals surface area contributed by atoms with Gasteiger partial charge in [-0.2, -0.15) is 0 Å². The fraction of sp³-hybridized carbons (Fsp3) is 0.846. The third kappa shape index (κ3) is 5.20. The van der Waals surface area contributed by atoms with Gasteiger partial charge in [0.15, 0.2) is 0 Å². The first-order chi connectivity index (χ1) is 8.11. The second-order valence-corrected chi connectivity index (χ2v) is 4.86. The van der Waals surface area contributed by atoms with E-state index < -0.39 is 5.97 Å². The van der Waals surface area contributed by atoms with Crippen molar-refractivity contribution >= 4 is 11.9 Å². The Bertz CT molecular complexity index is 257. The minimum absolute atomic E-state index is 0.0109. The number of hydrogen-bond acceptors (Lipinski definition) is 2. The Morgan fingerprint density at radius 3 is 2.12 bits per heavy atom. The van der Waals surface area contributed by atoms with Gasteiger partial charge in [-0.15, -0.1) is 0 Å². The Kier molecular flexibility index (Phi) is 6.01. The minimum Gasteiger partial charge on any atom is -0.481 e. The van der Waals surface area contributed by atoms with Gasteiger partial charge in [0.25, 0.3) is 0 Å². The summed E-state index contributed by atoms with van der Waals surface area (Å²) in [4.78, 5) is 23.9. The summed E-state index contributed by atoms with van der Waals surface area (Å²) < 4.78 is 0. The Balaban J connectivity index is 2.53. The summed E-state index contributed by atoms with van der Waals surface area (Å²) >= 11 is 0. The lowest BCUT2D eigenvalue weighted by Gasteiger charge is -2.32. The predicted octanol–water partition coefficient (Wildman–Crippen LogP) is 2.42. The van der Waals surface area contributed by atoms with Gasteiger partial charge in [-0.25, -0.2) is 0 Å². The SMILES string of the molecule is CC(=O)N(CCC(=O)O)C1CCCCCCC1. The highest BCUT2D eigenvalue weighted by Crippen LogP contribution is 2.21. The van der Waals surface area contributed by atoms with Gasteiger partial charge in [0.1, 0.15) is 0 Å². The van der Waals surface area contributed by atoms with Gasteiger partial charge < -0.3 is 10.0 Å². The first-order valence-corrected chi connectivity index (χ1v) is 6.60. The van der Waals surface area contributed by atoms with Crippen LogP contribution < -0.4 is 0 Å². The summed E-state index contributed by atoms with van der Waals surface area (Å²) in [5.74, 6) is -0.820. The van der Waals surface area contributed by atoms with E-state index in [1.165, 1.54) is 19.3 Å². The molecular weight excluding hydrogens is 218 g/mol. The molecule has 0 atom stereocenters. The molecule has 98 valence electrons. The van der Waals surface area contributed by atoms with Crippen LogP contribution >= 0.6 is 0 Å². The molecule has 0 radical (unpaired) electrons. The van der Waals surface area contributed by atoms with Crippen molar-refractivity contribution in [3.8, 4) is 0 Å². The molecule has 1 fully saturated rings. The largest absolute Gasteiger partial charge is 0.481 e. The van der Waals surface area contributed by atoms with E-state index in [0.717, 1.165) is 25.7 Å². The lowest BCUT2D eigenvalue weighted by atomic mass is 9.95. The number of amides is 1. The zero-order chi connectivity index (χ0) is 12.7. The van der Waals surface area contributed by atoms with Crippen LogP contribution in [0.15, 0.2) is 0 Å². The van der Waals surface area contributed by atoms with Crippen molar-refractivity contribution in [2.75, 3.05) is 6.54 Å². The van der Waals surface area contributed by atoms with E-state index in [-0.39, 0.29) is 18.4 Å². The highest BCUT2D eigenvalue weighted by Gasteiger charge is 2.21. The molecule has 1 aliphatic carbocycles. The van der Waals surface area contributed by atoms with Crippen molar-refractivity contribution in [3.63, 3.8) is 0 Å². The molecular formula is C13H23NO3. The molecule has 0 aromatic carbocycles. The number of carbonyl (C=O) groups excluding carboxylic acids is 1. The molecule has 0 heterocycles. The van der Waals surface area contributed by atoms with Crippen LogP contribution in [0.5, 0.6) is 0 Å². The Morgan fingerprint density at radius 1 is 1.12 bits per heavy atom. The summed E-state index contributed by atoms with van der Waals surface area (Å²) in [7, 11) is 0. The maximum Gasteiger partial charge on any atom is 0.305 e. The first kappa shape index (κ1) is 14.0. The van der Waals surface area contributed by atoms with Crippen LogP contribution in [0.3, 0.4) is 0 Å². The monoisotopic (exact) mass is 241 g/mol. The molecule has 0 unspecified atom stereocenters. The van der Waals surface area contributed by atoms with Gasteiger partial charge in [-0.1, -0.05) is 32.1 Å². The maximum absolute atomic E-state index is 11.6. The molecule has 0 aromatic rings. The molecule has 1 aliphatic rings. The third-order valence-corrected chi connectivity index (χ3v) is 3.49. The number of nitrogens with zero attached hydrogens (tertiary/aromatic N) is 1. The summed E-state index contributed by atoms with van der Waals surface area (Å²) in [6.07, 6.45) is 8.18. The number of aliphatic carboxylic acids is 1. The second-order valence-electron chi connectivity index (χ2n) is 4.86. The zero-order valence-electron chi connectivity index (χ0n) is 10.7. The van der Waals surface area contributed by atoms with Crippen LogP contribution in [0.25, 0.3) is 0 Å². The molecule has 0 aliphatic heterocycles. The molecule has 17 heavy (non-hydrogen) atoms. The topological polar surface area (TPSA) is 57.6 Å². The van der Waals surface area contributed by atoms with E-state index in [2.05, 4.69) is 0 Å². The van der Waals surface area contributed by atoms with Crippen molar-refractivity contribution in [1.29, 1.82) is 0 Å². The first-order valence-electron chi connectivity index (χ1n) is 6.60. The van der Waals surface area contributed by atoms with Gasteiger partial charge in [0, 0.05) is 19.5 Å². The predicted molar refractivity (Wildman–Crippen MR) is 65.7 cm³/mol. The summed E-state index contributed by atoms with van der Waals surface area (Å²) in [5.41, 5.74) is 0. The average molecular weight is 241 g/mol. The van der Waals surface area contributed by atoms with Crippen LogP contribution in [0.2, 0.25) is 0 Å². The quantitative estimate of drug-likeness (QED) is 0.822.